The van der Waals surface area contributed by atoms with Gasteiger partial charge < -0.3 is 19.5 Å². The van der Waals surface area contributed by atoms with Crippen molar-refractivity contribution in [3.05, 3.63) is 71.4 Å². The number of ether oxygens (including phenoxy) is 1. The van der Waals surface area contributed by atoms with E-state index in [9.17, 15) is 14.9 Å². The number of nitrogens with one attached hydrogen (secondary N) is 1. The van der Waals surface area contributed by atoms with E-state index in [0.29, 0.717) is 32.0 Å². The Balaban J connectivity index is 1.62. The van der Waals surface area contributed by atoms with Gasteiger partial charge in [0.1, 0.15) is 18.2 Å². The van der Waals surface area contributed by atoms with Gasteiger partial charge in [0.2, 0.25) is 5.91 Å². The molecular weight excluding hydrogens is 416 g/mol. The van der Waals surface area contributed by atoms with Crippen molar-refractivity contribution in [2.45, 2.75) is 19.9 Å². The number of carbonyl (C=O) groups excluding carboxylic acids is 2. The highest BCUT2D eigenvalue weighted by Crippen LogP contribution is 2.25. The summed E-state index contributed by atoms with van der Waals surface area (Å²) in [5.74, 6) is -0.441. The molecule has 2 heterocycles. The summed E-state index contributed by atoms with van der Waals surface area (Å²) in [7, 11) is 0. The second-order valence-electron chi connectivity index (χ2n) is 7.86. The van der Waals surface area contributed by atoms with Crippen molar-refractivity contribution in [2.24, 2.45) is 0 Å². The standard InChI is InChI=1S/C26H26N4O3/c1-2-19-7-3-5-9-23(19)28-26(32)20(16-27)15-21-17-30(24-10-6-4-8-22(21)24)18-25(31)29-11-13-33-14-12-29/h3-10,15,17H,2,11-14,18H2,1H3,(H,28,32)/b20-15+. The maximum atomic E-state index is 12.9. The van der Waals surface area contributed by atoms with E-state index >= 15 is 0 Å². The van der Waals surface area contributed by atoms with Gasteiger partial charge >= 0.3 is 0 Å². The number of para-hydroxylation sites is 2. The summed E-state index contributed by atoms with van der Waals surface area (Å²) in [4.78, 5) is 27.4. The summed E-state index contributed by atoms with van der Waals surface area (Å²) in [6, 6.07) is 17.2. The molecular formula is C26H26N4O3. The van der Waals surface area contributed by atoms with Crippen molar-refractivity contribution in [3.8, 4) is 6.07 Å². The normalized spacial score (nSPS) is 14.2. The van der Waals surface area contributed by atoms with Crippen LogP contribution in [0.1, 0.15) is 18.1 Å². The van der Waals surface area contributed by atoms with Gasteiger partial charge in [-0.05, 0) is 30.2 Å². The molecule has 0 bridgehead atoms. The van der Waals surface area contributed by atoms with Crippen LogP contribution in [0, 0.1) is 11.3 Å². The second-order valence-corrected chi connectivity index (χ2v) is 7.86. The van der Waals surface area contributed by atoms with E-state index in [-0.39, 0.29) is 18.0 Å². The molecule has 1 aromatic heterocycles. The third-order valence-corrected chi connectivity index (χ3v) is 5.80. The molecule has 0 aliphatic carbocycles. The summed E-state index contributed by atoms with van der Waals surface area (Å²) in [6.07, 6.45) is 4.18. The number of morpholine rings is 1. The molecule has 7 heteroatoms. The van der Waals surface area contributed by atoms with Crippen molar-refractivity contribution in [2.75, 3.05) is 31.6 Å². The van der Waals surface area contributed by atoms with E-state index in [0.717, 1.165) is 28.5 Å². The topological polar surface area (TPSA) is 87.4 Å². The Morgan fingerprint density at radius 3 is 2.61 bits per heavy atom. The van der Waals surface area contributed by atoms with Gasteiger partial charge in [-0.1, -0.05) is 43.3 Å². The van der Waals surface area contributed by atoms with Crippen molar-refractivity contribution < 1.29 is 14.3 Å². The average molecular weight is 443 g/mol. The number of nitrogens with zero attached hydrogens (tertiary/aromatic N) is 3. The zero-order chi connectivity index (χ0) is 23.2. The maximum Gasteiger partial charge on any atom is 0.266 e. The largest absolute Gasteiger partial charge is 0.378 e. The van der Waals surface area contributed by atoms with E-state index < -0.39 is 5.91 Å². The fraction of sp³-hybridized carbons (Fsp3) is 0.269. The van der Waals surface area contributed by atoms with Gasteiger partial charge in [0.15, 0.2) is 0 Å². The molecule has 2 aromatic carbocycles. The van der Waals surface area contributed by atoms with E-state index in [1.807, 2.05) is 72.3 Å². The molecule has 0 spiro atoms. The molecule has 4 rings (SSSR count). The lowest BCUT2D eigenvalue weighted by atomic mass is 10.1. The van der Waals surface area contributed by atoms with Crippen LogP contribution in [0.15, 0.2) is 60.3 Å². The Labute approximate surface area is 192 Å². The lowest BCUT2D eigenvalue weighted by molar-refractivity contribution is -0.135. The van der Waals surface area contributed by atoms with Gasteiger partial charge in [-0.3, -0.25) is 9.59 Å². The predicted octanol–water partition coefficient (Wildman–Crippen LogP) is 3.61. The first-order valence-electron chi connectivity index (χ1n) is 11.0. The van der Waals surface area contributed by atoms with Gasteiger partial charge in [-0.15, -0.1) is 0 Å². The van der Waals surface area contributed by atoms with Crippen LogP contribution in [0.4, 0.5) is 5.69 Å². The van der Waals surface area contributed by atoms with Gasteiger partial charge in [0.05, 0.1) is 13.2 Å². The van der Waals surface area contributed by atoms with Gasteiger partial charge in [-0.25, -0.2) is 0 Å². The highest BCUT2D eigenvalue weighted by atomic mass is 16.5. The number of nitriles is 1. The molecule has 2 amide bonds. The Hall–Kier alpha value is -3.89. The molecule has 7 nitrogen and oxygen atoms in total. The number of fused-ring (bicyclic) bond motifs is 1. The first-order valence-corrected chi connectivity index (χ1v) is 11.0. The minimum atomic E-state index is -0.459. The fourth-order valence-electron chi connectivity index (χ4n) is 4.02. The number of hydrogen-bond acceptors (Lipinski definition) is 4. The average Bonchev–Trinajstić information content (AvgIpc) is 3.20. The van der Waals surface area contributed by atoms with E-state index in [4.69, 9.17) is 4.74 Å². The summed E-state index contributed by atoms with van der Waals surface area (Å²) < 4.78 is 7.21. The number of benzene rings is 2. The molecule has 0 radical (unpaired) electrons. The highest BCUT2D eigenvalue weighted by molar-refractivity contribution is 6.11. The number of aryl methyl sites for hydroxylation is 1. The number of amides is 2. The highest BCUT2D eigenvalue weighted by Gasteiger charge is 2.19. The minimum Gasteiger partial charge on any atom is -0.378 e. The number of anilines is 1. The smallest absolute Gasteiger partial charge is 0.266 e. The number of carbonyl (C=O) groups is 2. The molecule has 0 saturated carbocycles. The second kappa shape index (κ2) is 10.2. The molecule has 1 aliphatic rings. The van der Waals surface area contributed by atoms with Crippen molar-refractivity contribution in [1.29, 1.82) is 5.26 Å². The molecule has 3 aromatic rings. The lowest BCUT2D eigenvalue weighted by Gasteiger charge is -2.27. The number of aromatic nitrogens is 1. The van der Waals surface area contributed by atoms with Crippen LogP contribution < -0.4 is 5.32 Å². The third-order valence-electron chi connectivity index (χ3n) is 5.80. The molecule has 33 heavy (non-hydrogen) atoms. The van der Waals surface area contributed by atoms with E-state index in [2.05, 4.69) is 5.32 Å². The van der Waals surface area contributed by atoms with Crippen LogP contribution in [0.5, 0.6) is 0 Å². The van der Waals surface area contributed by atoms with Crippen LogP contribution in [-0.4, -0.2) is 47.6 Å². The molecule has 168 valence electrons. The maximum absolute atomic E-state index is 12.9. The van der Waals surface area contributed by atoms with Crippen LogP contribution in [0.2, 0.25) is 0 Å². The van der Waals surface area contributed by atoms with Crippen LogP contribution in [-0.2, 0) is 27.3 Å². The molecule has 1 fully saturated rings. The molecule has 1 N–H and O–H groups in total. The minimum absolute atomic E-state index is 0.00307. The van der Waals surface area contributed by atoms with E-state index in [1.165, 1.54) is 0 Å². The summed E-state index contributed by atoms with van der Waals surface area (Å²) in [5.41, 5.74) is 3.30. The van der Waals surface area contributed by atoms with Crippen molar-refractivity contribution in [1.82, 2.24) is 9.47 Å². The summed E-state index contributed by atoms with van der Waals surface area (Å²) in [5, 5.41) is 13.4. The summed E-state index contributed by atoms with van der Waals surface area (Å²) in [6.45, 7) is 4.47. The van der Waals surface area contributed by atoms with Crippen molar-refractivity contribution >= 4 is 34.5 Å². The SMILES string of the molecule is CCc1ccccc1NC(=O)/C(C#N)=C/c1cn(CC(=O)N2CCOCC2)c2ccccc12. The fourth-order valence-corrected chi connectivity index (χ4v) is 4.02. The predicted molar refractivity (Wildman–Crippen MR) is 127 cm³/mol. The summed E-state index contributed by atoms with van der Waals surface area (Å²) >= 11 is 0. The van der Waals surface area contributed by atoms with Crippen LogP contribution in [0.25, 0.3) is 17.0 Å². The zero-order valence-corrected chi connectivity index (χ0v) is 18.6. The molecule has 1 saturated heterocycles. The number of hydrogen-bond donors (Lipinski definition) is 1. The Morgan fingerprint density at radius 1 is 1.12 bits per heavy atom. The third kappa shape index (κ3) is 4.97. The zero-order valence-electron chi connectivity index (χ0n) is 18.6. The first kappa shape index (κ1) is 22.3. The van der Waals surface area contributed by atoms with Gasteiger partial charge in [0.25, 0.3) is 5.91 Å². The monoisotopic (exact) mass is 442 g/mol. The molecule has 0 atom stereocenters. The molecule has 0 unspecified atom stereocenters. The first-order chi connectivity index (χ1) is 16.1. The van der Waals surface area contributed by atoms with Crippen LogP contribution >= 0.6 is 0 Å². The van der Waals surface area contributed by atoms with Crippen molar-refractivity contribution in [3.63, 3.8) is 0 Å². The Kier molecular flexibility index (Phi) is 6.86. The van der Waals surface area contributed by atoms with Gasteiger partial charge in [0, 0.05) is 41.4 Å². The Bertz CT molecular complexity index is 1250. The quantitative estimate of drug-likeness (QED) is 0.467. The molecule has 1 aliphatic heterocycles. The lowest BCUT2D eigenvalue weighted by Crippen LogP contribution is -2.42. The number of rotatable bonds is 6. The van der Waals surface area contributed by atoms with Gasteiger partial charge in [-0.2, -0.15) is 5.26 Å². The van der Waals surface area contributed by atoms with Crippen LogP contribution in [0.3, 0.4) is 0 Å². The Morgan fingerprint density at radius 2 is 1.85 bits per heavy atom. The van der Waals surface area contributed by atoms with E-state index in [1.54, 1.807) is 11.0 Å².